The summed E-state index contributed by atoms with van der Waals surface area (Å²) in [6, 6.07) is 0. The van der Waals surface area contributed by atoms with Crippen LogP contribution in [0.3, 0.4) is 0 Å². The molecule has 2 aromatic heterocycles. The molecule has 0 aromatic carbocycles. The van der Waals surface area contributed by atoms with E-state index in [0.29, 0.717) is 11.5 Å². The minimum atomic E-state index is 0.0845. The third-order valence-corrected chi connectivity index (χ3v) is 4.35. The molecule has 0 saturated carbocycles. The largest absolute Gasteiger partial charge is 0.338 e. The average molecular weight is 301 g/mol. The Bertz CT molecular complexity index is 699. The molecule has 6 heteroatoms. The fraction of sp³-hybridized carbons (Fsp3) is 0.562. The van der Waals surface area contributed by atoms with Crippen LogP contribution in [0, 0.1) is 13.8 Å². The van der Waals surface area contributed by atoms with Gasteiger partial charge in [-0.1, -0.05) is 0 Å². The van der Waals surface area contributed by atoms with Crippen molar-refractivity contribution < 1.29 is 4.79 Å². The van der Waals surface area contributed by atoms with Crippen molar-refractivity contribution in [2.45, 2.75) is 32.6 Å². The van der Waals surface area contributed by atoms with Crippen molar-refractivity contribution in [3.8, 4) is 0 Å². The van der Waals surface area contributed by atoms with Crippen LogP contribution in [0.1, 0.15) is 46.3 Å². The molecule has 0 aliphatic carbocycles. The van der Waals surface area contributed by atoms with Crippen molar-refractivity contribution >= 4 is 5.91 Å². The number of hydrogen-bond acceptors (Lipinski definition) is 3. The molecule has 1 atom stereocenters. The summed E-state index contributed by atoms with van der Waals surface area (Å²) in [5.41, 5.74) is 2.53. The molecule has 3 rings (SSSR count). The average Bonchev–Trinajstić information content (AvgIpc) is 2.99. The van der Waals surface area contributed by atoms with Gasteiger partial charge in [-0.15, -0.1) is 0 Å². The summed E-state index contributed by atoms with van der Waals surface area (Å²) in [5, 5.41) is 4.27. The van der Waals surface area contributed by atoms with Crippen LogP contribution in [0.2, 0.25) is 0 Å². The van der Waals surface area contributed by atoms with Crippen molar-refractivity contribution in [3.05, 3.63) is 35.2 Å². The van der Waals surface area contributed by atoms with E-state index in [1.807, 2.05) is 45.2 Å². The third kappa shape index (κ3) is 2.65. The second kappa shape index (κ2) is 5.59. The van der Waals surface area contributed by atoms with Crippen LogP contribution in [0.15, 0.2) is 12.4 Å². The van der Waals surface area contributed by atoms with Gasteiger partial charge in [-0.25, -0.2) is 4.98 Å². The first-order valence-corrected chi connectivity index (χ1v) is 7.75. The van der Waals surface area contributed by atoms with Crippen molar-refractivity contribution in [1.82, 2.24) is 24.2 Å². The number of carbonyl (C=O) groups excluding carboxylic acids is 1. The van der Waals surface area contributed by atoms with E-state index >= 15 is 0 Å². The fourth-order valence-corrected chi connectivity index (χ4v) is 3.37. The lowest BCUT2D eigenvalue weighted by atomic mass is 9.96. The molecule has 3 heterocycles. The highest BCUT2D eigenvalue weighted by molar-refractivity contribution is 5.95. The van der Waals surface area contributed by atoms with Gasteiger partial charge in [0.2, 0.25) is 0 Å². The molecule has 0 radical (unpaired) electrons. The summed E-state index contributed by atoms with van der Waals surface area (Å²) in [6.07, 6.45) is 5.95. The number of aryl methyl sites for hydroxylation is 4. The van der Waals surface area contributed by atoms with Gasteiger partial charge < -0.3 is 9.47 Å². The van der Waals surface area contributed by atoms with Gasteiger partial charge in [-0.05, 0) is 26.7 Å². The number of amides is 1. The van der Waals surface area contributed by atoms with Crippen molar-refractivity contribution in [1.29, 1.82) is 0 Å². The van der Waals surface area contributed by atoms with Gasteiger partial charge in [0, 0.05) is 45.5 Å². The number of imidazole rings is 1. The van der Waals surface area contributed by atoms with Gasteiger partial charge in [0.15, 0.2) is 0 Å². The Morgan fingerprint density at radius 3 is 2.64 bits per heavy atom. The van der Waals surface area contributed by atoms with Crippen LogP contribution >= 0.6 is 0 Å². The zero-order chi connectivity index (χ0) is 15.9. The van der Waals surface area contributed by atoms with Crippen LogP contribution in [-0.2, 0) is 14.1 Å². The predicted octanol–water partition coefficient (Wildman–Crippen LogP) is 1.79. The Kier molecular flexibility index (Phi) is 3.76. The Labute approximate surface area is 130 Å². The maximum atomic E-state index is 12.7. The third-order valence-electron chi connectivity index (χ3n) is 4.35. The van der Waals surface area contributed by atoms with E-state index in [0.717, 1.165) is 43.1 Å². The van der Waals surface area contributed by atoms with Gasteiger partial charge in [-0.2, -0.15) is 5.10 Å². The number of aromatic nitrogens is 4. The summed E-state index contributed by atoms with van der Waals surface area (Å²) in [7, 11) is 3.88. The quantitative estimate of drug-likeness (QED) is 0.850. The molecule has 1 fully saturated rings. The zero-order valence-corrected chi connectivity index (χ0v) is 13.7. The molecule has 2 aromatic rings. The van der Waals surface area contributed by atoms with E-state index in [-0.39, 0.29) is 5.91 Å². The minimum absolute atomic E-state index is 0.0845. The van der Waals surface area contributed by atoms with Crippen molar-refractivity contribution in [2.24, 2.45) is 14.1 Å². The molecule has 1 aliphatic heterocycles. The SMILES string of the molecule is Cc1cn(C)c(C2CCCN(C(=O)c3cn(C)nc3C)C2)n1. The van der Waals surface area contributed by atoms with Crippen molar-refractivity contribution in [2.75, 3.05) is 13.1 Å². The molecule has 1 unspecified atom stereocenters. The lowest BCUT2D eigenvalue weighted by molar-refractivity contribution is 0.0703. The molecule has 118 valence electrons. The smallest absolute Gasteiger partial charge is 0.257 e. The van der Waals surface area contributed by atoms with Crippen LogP contribution in [0.25, 0.3) is 0 Å². The molecule has 0 bridgehead atoms. The van der Waals surface area contributed by atoms with E-state index in [1.54, 1.807) is 4.68 Å². The molecular formula is C16H23N5O. The Balaban J connectivity index is 1.80. The second-order valence-corrected chi connectivity index (χ2v) is 6.24. The topological polar surface area (TPSA) is 56.0 Å². The summed E-state index contributed by atoms with van der Waals surface area (Å²) in [4.78, 5) is 19.3. The van der Waals surface area contributed by atoms with E-state index in [4.69, 9.17) is 0 Å². The number of carbonyl (C=O) groups is 1. The van der Waals surface area contributed by atoms with Gasteiger partial charge in [-0.3, -0.25) is 9.48 Å². The molecule has 1 amide bonds. The summed E-state index contributed by atoms with van der Waals surface area (Å²) in [5.74, 6) is 1.48. The van der Waals surface area contributed by atoms with Gasteiger partial charge in [0.05, 0.1) is 17.0 Å². The Morgan fingerprint density at radius 1 is 1.27 bits per heavy atom. The molecule has 0 spiro atoms. The zero-order valence-electron chi connectivity index (χ0n) is 13.7. The maximum Gasteiger partial charge on any atom is 0.257 e. The second-order valence-electron chi connectivity index (χ2n) is 6.24. The fourth-order valence-electron chi connectivity index (χ4n) is 3.37. The highest BCUT2D eigenvalue weighted by atomic mass is 16.2. The van der Waals surface area contributed by atoms with Crippen LogP contribution in [0.5, 0.6) is 0 Å². The Hall–Kier alpha value is -2.11. The van der Waals surface area contributed by atoms with Gasteiger partial charge in [0.25, 0.3) is 5.91 Å². The van der Waals surface area contributed by atoms with E-state index in [1.165, 1.54) is 0 Å². The van der Waals surface area contributed by atoms with Gasteiger partial charge >= 0.3 is 0 Å². The van der Waals surface area contributed by atoms with E-state index in [9.17, 15) is 4.79 Å². The highest BCUT2D eigenvalue weighted by Crippen LogP contribution is 2.27. The normalized spacial score (nSPS) is 18.7. The first-order chi connectivity index (χ1) is 10.5. The van der Waals surface area contributed by atoms with Crippen LogP contribution < -0.4 is 0 Å². The van der Waals surface area contributed by atoms with Gasteiger partial charge in [0.1, 0.15) is 5.82 Å². The standard InChI is InChI=1S/C16H23N5O/c1-11-8-19(3)15(17-11)13-6-5-7-21(9-13)16(22)14-10-20(4)18-12(14)2/h8,10,13H,5-7,9H2,1-4H3. The number of piperidine rings is 1. The number of hydrogen-bond donors (Lipinski definition) is 0. The van der Waals surface area contributed by atoms with E-state index < -0.39 is 0 Å². The molecule has 6 nitrogen and oxygen atoms in total. The monoisotopic (exact) mass is 301 g/mol. The first kappa shape index (κ1) is 14.8. The molecule has 22 heavy (non-hydrogen) atoms. The summed E-state index contributed by atoms with van der Waals surface area (Å²) < 4.78 is 3.79. The number of rotatable bonds is 2. The maximum absolute atomic E-state index is 12.7. The minimum Gasteiger partial charge on any atom is -0.338 e. The lowest BCUT2D eigenvalue weighted by Crippen LogP contribution is -2.39. The molecule has 1 aliphatic rings. The molecule has 1 saturated heterocycles. The number of likely N-dealkylation sites (tertiary alicyclic amines) is 1. The van der Waals surface area contributed by atoms with Crippen molar-refractivity contribution in [3.63, 3.8) is 0 Å². The summed E-state index contributed by atoms with van der Waals surface area (Å²) in [6.45, 7) is 5.44. The summed E-state index contributed by atoms with van der Waals surface area (Å²) >= 11 is 0. The lowest BCUT2D eigenvalue weighted by Gasteiger charge is -2.32. The Morgan fingerprint density at radius 2 is 2.05 bits per heavy atom. The van der Waals surface area contributed by atoms with Crippen LogP contribution in [0.4, 0.5) is 0 Å². The predicted molar refractivity (Wildman–Crippen MR) is 83.8 cm³/mol. The number of nitrogens with zero attached hydrogens (tertiary/aromatic N) is 5. The first-order valence-electron chi connectivity index (χ1n) is 7.75. The highest BCUT2D eigenvalue weighted by Gasteiger charge is 2.29. The molecule has 0 N–H and O–H groups in total. The van der Waals surface area contributed by atoms with E-state index in [2.05, 4.69) is 14.6 Å². The molecular weight excluding hydrogens is 278 g/mol. The van der Waals surface area contributed by atoms with Crippen LogP contribution in [-0.4, -0.2) is 43.2 Å².